The predicted octanol–water partition coefficient (Wildman–Crippen LogP) is 6.78. The smallest absolute Gasteiger partial charge is 0.251 e. The highest BCUT2D eigenvalue weighted by molar-refractivity contribution is 6.35. The third-order valence-corrected chi connectivity index (χ3v) is 7.75. The second-order valence-corrected chi connectivity index (χ2v) is 10.7. The molecule has 6 rings (SSSR count). The van der Waals surface area contributed by atoms with E-state index in [-0.39, 0.29) is 17.1 Å². The summed E-state index contributed by atoms with van der Waals surface area (Å²) in [4.78, 5) is 22.4. The number of amides is 1. The number of halogens is 2. The van der Waals surface area contributed by atoms with E-state index in [1.807, 2.05) is 24.4 Å². The number of aromatic nitrogens is 2. The number of ether oxygens (including phenoxy) is 1. The Hall–Kier alpha value is -3.77. The first-order chi connectivity index (χ1) is 18.3. The van der Waals surface area contributed by atoms with Crippen LogP contribution >= 0.6 is 11.6 Å². The number of carbonyl (C=O) groups excluding carboxylic acids is 1. The fraction of sp³-hybridized carbons (Fsp3) is 0.258. The quantitative estimate of drug-likeness (QED) is 0.269. The van der Waals surface area contributed by atoms with Crippen LogP contribution in [-0.4, -0.2) is 29.0 Å². The van der Waals surface area contributed by atoms with E-state index in [9.17, 15) is 9.18 Å². The van der Waals surface area contributed by atoms with Gasteiger partial charge in [-0.2, -0.15) is 0 Å². The van der Waals surface area contributed by atoms with Gasteiger partial charge in [-0.25, -0.2) is 9.37 Å². The van der Waals surface area contributed by atoms with Crippen LogP contribution in [0.25, 0.3) is 22.2 Å². The summed E-state index contributed by atoms with van der Waals surface area (Å²) in [7, 11) is 0. The van der Waals surface area contributed by atoms with Gasteiger partial charge >= 0.3 is 0 Å². The molecule has 38 heavy (non-hydrogen) atoms. The normalized spacial score (nSPS) is 18.2. The standard InChI is InChI=1S/C31H27ClFN3O2/c1-3-31(2)17-38-29-25(31)15-24(36-28(29)19-6-8-23(33)9-7-19)10-11-34-30(37)21-12-20-13-22(18-4-5-18)16-35-27(20)26(32)14-21/h3,6-9,12-16,18H,1,4-5,10-11,17H2,2H3,(H,34,37)/t31-/m0/s1. The third kappa shape index (κ3) is 4.54. The van der Waals surface area contributed by atoms with Crippen molar-refractivity contribution in [2.24, 2.45) is 0 Å². The van der Waals surface area contributed by atoms with Gasteiger partial charge in [0, 0.05) is 52.3 Å². The van der Waals surface area contributed by atoms with E-state index < -0.39 is 0 Å². The van der Waals surface area contributed by atoms with E-state index in [2.05, 4.69) is 29.9 Å². The Morgan fingerprint density at radius 1 is 1.24 bits per heavy atom. The largest absolute Gasteiger partial charge is 0.490 e. The van der Waals surface area contributed by atoms with Gasteiger partial charge in [-0.1, -0.05) is 17.7 Å². The van der Waals surface area contributed by atoms with Crippen molar-refractivity contribution in [3.8, 4) is 17.0 Å². The van der Waals surface area contributed by atoms with E-state index in [0.717, 1.165) is 22.2 Å². The highest BCUT2D eigenvalue weighted by Crippen LogP contribution is 2.45. The molecule has 1 amide bonds. The molecule has 3 heterocycles. The first-order valence-electron chi connectivity index (χ1n) is 12.8. The van der Waals surface area contributed by atoms with Crippen molar-refractivity contribution in [2.75, 3.05) is 13.2 Å². The summed E-state index contributed by atoms with van der Waals surface area (Å²) < 4.78 is 19.6. The topological polar surface area (TPSA) is 64.1 Å². The molecule has 2 aromatic heterocycles. The van der Waals surface area contributed by atoms with Crippen molar-refractivity contribution in [2.45, 2.75) is 37.5 Å². The van der Waals surface area contributed by atoms with Gasteiger partial charge in [0.15, 0.2) is 0 Å². The predicted molar refractivity (Wildman–Crippen MR) is 147 cm³/mol. The summed E-state index contributed by atoms with van der Waals surface area (Å²) in [5.74, 6) is 0.743. The highest BCUT2D eigenvalue weighted by Gasteiger charge is 2.36. The van der Waals surface area contributed by atoms with Crippen LogP contribution in [0.5, 0.6) is 5.75 Å². The van der Waals surface area contributed by atoms with E-state index in [1.54, 1.807) is 18.2 Å². The number of pyridine rings is 2. The Bertz CT molecular complexity index is 1580. The van der Waals surface area contributed by atoms with Crippen LogP contribution in [0.1, 0.15) is 52.9 Å². The van der Waals surface area contributed by atoms with Gasteiger partial charge < -0.3 is 10.1 Å². The second kappa shape index (κ2) is 9.52. The fourth-order valence-corrected chi connectivity index (χ4v) is 5.23. The summed E-state index contributed by atoms with van der Waals surface area (Å²) in [6.07, 6.45) is 6.64. The molecule has 4 aromatic rings. The number of nitrogens with zero attached hydrogens (tertiary/aromatic N) is 2. The molecule has 1 aliphatic carbocycles. The van der Waals surface area contributed by atoms with E-state index in [4.69, 9.17) is 21.3 Å². The van der Waals surface area contributed by atoms with Crippen molar-refractivity contribution < 1.29 is 13.9 Å². The molecule has 0 bridgehead atoms. The zero-order valence-corrected chi connectivity index (χ0v) is 21.8. The summed E-state index contributed by atoms with van der Waals surface area (Å²) in [6.45, 7) is 6.91. The lowest BCUT2D eigenvalue weighted by Crippen LogP contribution is -2.26. The Kier molecular flexibility index (Phi) is 6.15. The molecule has 2 aromatic carbocycles. The van der Waals surface area contributed by atoms with Crippen LogP contribution in [0.4, 0.5) is 4.39 Å². The molecule has 1 saturated carbocycles. The highest BCUT2D eigenvalue weighted by atomic mass is 35.5. The Labute approximate surface area is 225 Å². The first-order valence-corrected chi connectivity index (χ1v) is 13.2. The summed E-state index contributed by atoms with van der Waals surface area (Å²) in [5, 5.41) is 4.34. The van der Waals surface area contributed by atoms with Crippen LogP contribution in [0.2, 0.25) is 5.02 Å². The summed E-state index contributed by atoms with van der Waals surface area (Å²) in [6, 6.07) is 13.8. The van der Waals surface area contributed by atoms with Crippen LogP contribution in [0.15, 0.2) is 67.4 Å². The molecule has 0 unspecified atom stereocenters. The van der Waals surface area contributed by atoms with Crippen LogP contribution in [0.3, 0.4) is 0 Å². The molecule has 1 fully saturated rings. The van der Waals surface area contributed by atoms with Gasteiger partial charge in [-0.05, 0) is 79.8 Å². The molecule has 2 aliphatic rings. The lowest BCUT2D eigenvalue weighted by molar-refractivity contribution is 0.0954. The molecule has 0 radical (unpaired) electrons. The number of carbonyl (C=O) groups is 1. The van der Waals surface area contributed by atoms with E-state index in [1.165, 1.54) is 30.5 Å². The number of benzene rings is 2. The minimum atomic E-state index is -0.361. The SMILES string of the molecule is C=C[C@@]1(C)COc2c1cc(CCNC(=O)c1cc(Cl)c3ncc(C4CC4)cc3c1)nc2-c1ccc(F)cc1. The van der Waals surface area contributed by atoms with Gasteiger partial charge in [0.2, 0.25) is 0 Å². The van der Waals surface area contributed by atoms with Crippen molar-refractivity contribution >= 4 is 28.4 Å². The molecular weight excluding hydrogens is 501 g/mol. The molecule has 0 spiro atoms. The van der Waals surface area contributed by atoms with Crippen molar-refractivity contribution in [3.63, 3.8) is 0 Å². The molecule has 1 atom stereocenters. The molecule has 1 aliphatic heterocycles. The molecule has 1 N–H and O–H groups in total. The average Bonchev–Trinajstić information content (AvgIpc) is 3.72. The lowest BCUT2D eigenvalue weighted by Gasteiger charge is -2.18. The van der Waals surface area contributed by atoms with E-state index in [0.29, 0.717) is 53.0 Å². The van der Waals surface area contributed by atoms with Crippen LogP contribution < -0.4 is 10.1 Å². The van der Waals surface area contributed by atoms with Crippen molar-refractivity contribution in [3.05, 3.63) is 101 Å². The summed E-state index contributed by atoms with van der Waals surface area (Å²) in [5.41, 5.74) is 5.26. The Balaban J connectivity index is 1.23. The number of fused-ring (bicyclic) bond motifs is 2. The number of hydrogen-bond acceptors (Lipinski definition) is 4. The van der Waals surface area contributed by atoms with E-state index >= 15 is 0 Å². The molecule has 192 valence electrons. The fourth-order valence-electron chi connectivity index (χ4n) is 4.96. The third-order valence-electron chi connectivity index (χ3n) is 7.46. The van der Waals surface area contributed by atoms with Crippen molar-refractivity contribution in [1.82, 2.24) is 15.3 Å². The number of hydrogen-bond donors (Lipinski definition) is 1. The summed E-state index contributed by atoms with van der Waals surface area (Å²) >= 11 is 6.47. The molecule has 5 nitrogen and oxygen atoms in total. The maximum atomic E-state index is 13.6. The second-order valence-electron chi connectivity index (χ2n) is 10.3. The van der Waals surface area contributed by atoms with Gasteiger partial charge in [-0.3, -0.25) is 9.78 Å². The van der Waals surface area contributed by atoms with Gasteiger partial charge in [-0.15, -0.1) is 6.58 Å². The van der Waals surface area contributed by atoms with Gasteiger partial charge in [0.05, 0.1) is 10.5 Å². The molecule has 7 heteroatoms. The number of rotatable bonds is 7. The molecular formula is C31H27ClFN3O2. The van der Waals surface area contributed by atoms with Crippen LogP contribution in [-0.2, 0) is 11.8 Å². The zero-order chi connectivity index (χ0) is 26.4. The average molecular weight is 528 g/mol. The van der Waals surface area contributed by atoms with Crippen LogP contribution in [0, 0.1) is 5.82 Å². The first kappa shape index (κ1) is 24.6. The number of nitrogens with one attached hydrogen (secondary N) is 1. The zero-order valence-electron chi connectivity index (χ0n) is 21.1. The van der Waals surface area contributed by atoms with Gasteiger partial charge in [0.1, 0.15) is 23.9 Å². The van der Waals surface area contributed by atoms with Gasteiger partial charge in [0.25, 0.3) is 5.91 Å². The maximum absolute atomic E-state index is 13.6. The molecule has 0 saturated heterocycles. The minimum absolute atomic E-state index is 0.204. The minimum Gasteiger partial charge on any atom is -0.490 e. The lowest BCUT2D eigenvalue weighted by atomic mass is 9.84. The Morgan fingerprint density at radius 3 is 2.76 bits per heavy atom. The van der Waals surface area contributed by atoms with Crippen molar-refractivity contribution in [1.29, 1.82) is 0 Å². The maximum Gasteiger partial charge on any atom is 0.251 e. The monoisotopic (exact) mass is 527 g/mol. The Morgan fingerprint density at radius 2 is 2.03 bits per heavy atom.